The zero-order chi connectivity index (χ0) is 28.5. The van der Waals surface area contributed by atoms with E-state index in [2.05, 4.69) is 46.5 Å². The lowest BCUT2D eigenvalue weighted by molar-refractivity contribution is -0.134. The van der Waals surface area contributed by atoms with E-state index in [9.17, 15) is 23.2 Å². The Labute approximate surface area is 234 Å². The van der Waals surface area contributed by atoms with Crippen LogP contribution in [0.3, 0.4) is 0 Å². The first-order chi connectivity index (χ1) is 19.7. The van der Waals surface area contributed by atoms with Gasteiger partial charge in [-0.05, 0) is 49.4 Å². The van der Waals surface area contributed by atoms with E-state index in [0.29, 0.717) is 31.9 Å². The number of hydrogen-bond acceptors (Lipinski definition) is 6. The fourth-order valence-electron chi connectivity index (χ4n) is 6.71. The van der Waals surface area contributed by atoms with Gasteiger partial charge in [-0.2, -0.15) is 15.5 Å². The van der Waals surface area contributed by atoms with E-state index in [1.807, 2.05) is 4.68 Å². The summed E-state index contributed by atoms with van der Waals surface area (Å²) in [5.41, 5.74) is 4.33. The van der Waals surface area contributed by atoms with Crippen LogP contribution in [0.1, 0.15) is 55.1 Å². The number of pyridine rings is 1. The van der Waals surface area contributed by atoms with E-state index < -0.39 is 30.7 Å². The van der Waals surface area contributed by atoms with Gasteiger partial charge in [0.1, 0.15) is 17.3 Å². The molecule has 7 rings (SSSR count). The average Bonchev–Trinajstić information content (AvgIpc) is 3.66. The van der Waals surface area contributed by atoms with Crippen LogP contribution in [-0.4, -0.2) is 68.3 Å². The van der Waals surface area contributed by atoms with Gasteiger partial charge in [0.15, 0.2) is 5.82 Å². The highest BCUT2D eigenvalue weighted by atomic mass is 19.3. The Hall–Kier alpha value is -4.11. The Balaban J connectivity index is 1.11. The van der Waals surface area contributed by atoms with E-state index in [1.165, 1.54) is 4.52 Å². The SMILES string of the molecule is C[C@@H]1CN(c2ccc(C#N)n3ncc(F)c23)Cc2c3ccc(C4CCN(C(=O)[C@@H]5CC(F)(F)CN5)CC4)cc3nn21. The number of benzene rings is 1. The fraction of sp³-hybridized carbons (Fsp3) is 0.448. The molecule has 6 heterocycles. The summed E-state index contributed by atoms with van der Waals surface area (Å²) >= 11 is 0. The lowest BCUT2D eigenvalue weighted by atomic mass is 9.88. The molecule has 1 N–H and O–H groups in total. The summed E-state index contributed by atoms with van der Waals surface area (Å²) in [4.78, 5) is 16.6. The maximum atomic E-state index is 14.8. The molecule has 0 spiro atoms. The molecule has 3 aliphatic rings. The molecule has 1 amide bonds. The highest BCUT2D eigenvalue weighted by molar-refractivity contribution is 5.84. The van der Waals surface area contributed by atoms with Crippen LogP contribution in [0, 0.1) is 17.1 Å². The van der Waals surface area contributed by atoms with Crippen LogP contribution in [-0.2, 0) is 11.3 Å². The summed E-state index contributed by atoms with van der Waals surface area (Å²) in [6.07, 6.45) is 2.24. The van der Waals surface area contributed by atoms with Crippen molar-refractivity contribution in [3.05, 3.63) is 59.3 Å². The van der Waals surface area contributed by atoms with Crippen molar-refractivity contribution in [2.45, 2.75) is 56.7 Å². The highest BCUT2D eigenvalue weighted by Crippen LogP contribution is 2.36. The van der Waals surface area contributed by atoms with Crippen LogP contribution in [0.15, 0.2) is 36.5 Å². The van der Waals surface area contributed by atoms with Gasteiger partial charge in [-0.3, -0.25) is 14.8 Å². The zero-order valence-electron chi connectivity index (χ0n) is 22.5. The normalized spacial score (nSPS) is 22.8. The molecular weight excluding hydrogens is 533 g/mol. The predicted molar refractivity (Wildman–Crippen MR) is 145 cm³/mol. The summed E-state index contributed by atoms with van der Waals surface area (Å²) in [5.74, 6) is -3.27. The third kappa shape index (κ3) is 4.30. The number of alkyl halides is 2. The van der Waals surface area contributed by atoms with Crippen LogP contribution in [0.5, 0.6) is 0 Å². The summed E-state index contributed by atoms with van der Waals surface area (Å²) in [6.45, 7) is 3.87. The van der Waals surface area contributed by atoms with Crippen molar-refractivity contribution in [3.8, 4) is 6.07 Å². The zero-order valence-corrected chi connectivity index (χ0v) is 22.5. The number of rotatable bonds is 3. The molecule has 41 heavy (non-hydrogen) atoms. The third-order valence-corrected chi connectivity index (χ3v) is 8.80. The van der Waals surface area contributed by atoms with E-state index in [0.717, 1.165) is 41.2 Å². The fourth-order valence-corrected chi connectivity index (χ4v) is 6.71. The monoisotopic (exact) mass is 562 g/mol. The molecule has 0 aliphatic carbocycles. The quantitative estimate of drug-likeness (QED) is 0.406. The molecule has 2 saturated heterocycles. The number of nitrogens with one attached hydrogen (secondary N) is 1. The lowest BCUT2D eigenvalue weighted by Gasteiger charge is -2.34. The molecule has 212 valence electrons. The number of amides is 1. The highest BCUT2D eigenvalue weighted by Gasteiger charge is 2.44. The molecule has 0 unspecified atom stereocenters. The number of likely N-dealkylation sites (tertiary alicyclic amines) is 1. The van der Waals surface area contributed by atoms with Crippen molar-refractivity contribution in [3.63, 3.8) is 0 Å². The number of fused-ring (bicyclic) bond motifs is 4. The van der Waals surface area contributed by atoms with Crippen LogP contribution >= 0.6 is 0 Å². The molecule has 3 aromatic heterocycles. The number of halogens is 3. The first-order valence-electron chi connectivity index (χ1n) is 13.9. The van der Waals surface area contributed by atoms with Crippen molar-refractivity contribution >= 4 is 28.0 Å². The van der Waals surface area contributed by atoms with Gasteiger partial charge in [0.25, 0.3) is 5.92 Å². The Morgan fingerprint density at radius 2 is 2.00 bits per heavy atom. The number of piperidine rings is 1. The number of aromatic nitrogens is 4. The predicted octanol–water partition coefficient (Wildman–Crippen LogP) is 3.98. The van der Waals surface area contributed by atoms with E-state index in [4.69, 9.17) is 5.10 Å². The van der Waals surface area contributed by atoms with Crippen molar-refractivity contribution < 1.29 is 18.0 Å². The van der Waals surface area contributed by atoms with Crippen molar-refractivity contribution in [1.82, 2.24) is 29.6 Å². The summed E-state index contributed by atoms with van der Waals surface area (Å²) < 4.78 is 45.3. The average molecular weight is 563 g/mol. The van der Waals surface area contributed by atoms with Gasteiger partial charge >= 0.3 is 0 Å². The smallest absolute Gasteiger partial charge is 0.262 e. The number of carbonyl (C=O) groups is 1. The van der Waals surface area contributed by atoms with E-state index in [-0.39, 0.29) is 29.1 Å². The van der Waals surface area contributed by atoms with Gasteiger partial charge in [0, 0.05) is 31.4 Å². The number of anilines is 1. The topological polar surface area (TPSA) is 94.5 Å². The summed E-state index contributed by atoms with van der Waals surface area (Å²) in [7, 11) is 0. The first kappa shape index (κ1) is 25.8. The molecule has 0 radical (unpaired) electrons. The molecular formula is C29H29F3N8O. The Kier molecular flexibility index (Phi) is 5.97. The van der Waals surface area contributed by atoms with Crippen molar-refractivity contribution in [2.75, 3.05) is 31.1 Å². The molecule has 9 nitrogen and oxygen atoms in total. The maximum absolute atomic E-state index is 14.8. The van der Waals surface area contributed by atoms with Gasteiger partial charge in [-0.1, -0.05) is 12.1 Å². The standard InChI is InChI=1S/C29H29F3N8O/c1-17-14-38(25-5-3-20(12-33)40-27(25)22(30)13-35-40)15-26-21-4-2-19(10-23(21)36-39(17)26)18-6-8-37(9-7-18)28(41)24-11-29(31,32)16-34-24/h2-5,10,13,17-18,24,34H,6-9,11,14-16H2,1H3/t17-,24+/m1/s1. The van der Waals surface area contributed by atoms with Gasteiger partial charge < -0.3 is 9.80 Å². The van der Waals surface area contributed by atoms with E-state index in [1.54, 1.807) is 17.0 Å². The molecule has 1 aromatic carbocycles. The minimum absolute atomic E-state index is 0.0297. The molecule has 2 atom stereocenters. The second kappa shape index (κ2) is 9.48. The largest absolute Gasteiger partial charge is 0.362 e. The van der Waals surface area contributed by atoms with Crippen LogP contribution in [0.4, 0.5) is 18.9 Å². The molecule has 4 aromatic rings. The molecule has 2 fully saturated rings. The molecule has 0 bridgehead atoms. The Morgan fingerprint density at radius 3 is 2.73 bits per heavy atom. The number of nitrogens with zero attached hydrogens (tertiary/aromatic N) is 7. The summed E-state index contributed by atoms with van der Waals surface area (Å²) in [5, 5.41) is 22.1. The minimum atomic E-state index is -2.82. The van der Waals surface area contributed by atoms with Crippen LogP contribution in [0.25, 0.3) is 16.4 Å². The second-order valence-electron chi connectivity index (χ2n) is 11.5. The molecule has 12 heteroatoms. The van der Waals surface area contributed by atoms with Gasteiger partial charge in [-0.25, -0.2) is 17.7 Å². The Morgan fingerprint density at radius 1 is 1.20 bits per heavy atom. The van der Waals surface area contributed by atoms with Gasteiger partial charge in [0.2, 0.25) is 5.91 Å². The van der Waals surface area contributed by atoms with Gasteiger partial charge in [0.05, 0.1) is 48.3 Å². The number of carbonyl (C=O) groups excluding carboxylic acids is 1. The third-order valence-electron chi connectivity index (χ3n) is 8.80. The van der Waals surface area contributed by atoms with Crippen molar-refractivity contribution in [2.24, 2.45) is 0 Å². The molecule has 3 aliphatic heterocycles. The van der Waals surface area contributed by atoms with Gasteiger partial charge in [-0.15, -0.1) is 0 Å². The Bertz CT molecular complexity index is 1710. The van der Waals surface area contributed by atoms with E-state index >= 15 is 0 Å². The number of hydrogen-bond donors (Lipinski definition) is 1. The van der Waals surface area contributed by atoms with Crippen molar-refractivity contribution in [1.29, 1.82) is 5.26 Å². The van der Waals surface area contributed by atoms with Crippen LogP contribution in [0.2, 0.25) is 0 Å². The number of nitriles is 1. The first-order valence-corrected chi connectivity index (χ1v) is 13.9. The second-order valence-corrected chi connectivity index (χ2v) is 11.5. The molecule has 0 saturated carbocycles. The summed E-state index contributed by atoms with van der Waals surface area (Å²) in [6, 6.07) is 11.1. The lowest BCUT2D eigenvalue weighted by Crippen LogP contribution is -2.46. The minimum Gasteiger partial charge on any atom is -0.362 e. The maximum Gasteiger partial charge on any atom is 0.262 e. The van der Waals surface area contributed by atoms with Crippen LogP contribution < -0.4 is 10.2 Å².